The Balaban J connectivity index is 2.30. The van der Waals surface area contributed by atoms with E-state index in [1.54, 1.807) is 12.1 Å². The van der Waals surface area contributed by atoms with Crippen LogP contribution >= 0.6 is 11.6 Å². The molecule has 0 aliphatic rings. The minimum atomic E-state index is 0.348. The highest BCUT2D eigenvalue weighted by atomic mass is 35.5. The van der Waals surface area contributed by atoms with E-state index in [1.807, 2.05) is 0 Å². The van der Waals surface area contributed by atoms with Gasteiger partial charge in [0, 0.05) is 12.6 Å². The molecule has 1 rings (SSSR count). The Morgan fingerprint density at radius 2 is 2.16 bits per heavy atom. The molecular weight excluding hydrogens is 260 g/mol. The van der Waals surface area contributed by atoms with Gasteiger partial charge in [-0.05, 0) is 52.4 Å². The first-order valence-electron chi connectivity index (χ1n) is 6.54. The van der Waals surface area contributed by atoms with Crippen molar-refractivity contribution in [1.29, 1.82) is 5.26 Å². The zero-order valence-electron chi connectivity index (χ0n) is 11.8. The van der Waals surface area contributed by atoms with Crippen LogP contribution in [0.15, 0.2) is 12.1 Å². The summed E-state index contributed by atoms with van der Waals surface area (Å²) in [5.74, 6) is 0.668. The number of hydrogen-bond donors (Lipinski definition) is 1. The van der Waals surface area contributed by atoms with Gasteiger partial charge in [-0.2, -0.15) is 5.26 Å². The second kappa shape index (κ2) is 7.98. The van der Waals surface area contributed by atoms with E-state index < -0.39 is 0 Å². The summed E-state index contributed by atoms with van der Waals surface area (Å²) in [4.78, 5) is 6.46. The van der Waals surface area contributed by atoms with Crippen LogP contribution in [0.25, 0.3) is 0 Å². The van der Waals surface area contributed by atoms with E-state index in [-0.39, 0.29) is 0 Å². The third kappa shape index (κ3) is 5.91. The van der Waals surface area contributed by atoms with Gasteiger partial charge in [-0.15, -0.1) is 0 Å². The Morgan fingerprint density at radius 3 is 2.79 bits per heavy atom. The van der Waals surface area contributed by atoms with Crippen LogP contribution in [-0.4, -0.2) is 36.1 Å². The van der Waals surface area contributed by atoms with Crippen LogP contribution in [0.2, 0.25) is 5.15 Å². The van der Waals surface area contributed by atoms with Crippen molar-refractivity contribution in [1.82, 2.24) is 9.88 Å². The molecule has 0 radical (unpaired) electrons. The SMILES string of the molecule is CC(C)N(C)CCCCNc1cc(C#N)cc(Cl)n1. The summed E-state index contributed by atoms with van der Waals surface area (Å²) >= 11 is 5.84. The molecule has 5 heteroatoms. The standard InChI is InChI=1S/C14H21ClN4/c1-11(2)19(3)7-5-4-6-17-14-9-12(10-16)8-13(15)18-14/h8-9,11H,4-7H2,1-3H3,(H,17,18). The predicted octanol–water partition coefficient (Wildman–Crippen LogP) is 3.14. The first kappa shape index (κ1) is 15.7. The maximum atomic E-state index is 8.84. The van der Waals surface area contributed by atoms with Gasteiger partial charge in [-0.3, -0.25) is 0 Å². The number of nitrogens with zero attached hydrogens (tertiary/aromatic N) is 3. The molecule has 0 saturated heterocycles. The van der Waals surface area contributed by atoms with Crippen LogP contribution in [-0.2, 0) is 0 Å². The molecule has 0 amide bonds. The van der Waals surface area contributed by atoms with Crippen LogP contribution in [0.4, 0.5) is 5.82 Å². The van der Waals surface area contributed by atoms with Gasteiger partial charge < -0.3 is 10.2 Å². The maximum Gasteiger partial charge on any atom is 0.132 e. The first-order valence-corrected chi connectivity index (χ1v) is 6.92. The van der Waals surface area contributed by atoms with Gasteiger partial charge in [0.05, 0.1) is 11.6 Å². The molecule has 0 aliphatic heterocycles. The number of unbranched alkanes of at least 4 members (excludes halogenated alkanes) is 1. The Kier molecular flexibility index (Phi) is 6.61. The summed E-state index contributed by atoms with van der Waals surface area (Å²) in [7, 11) is 2.13. The Labute approximate surface area is 120 Å². The van der Waals surface area contributed by atoms with Gasteiger partial charge in [0.2, 0.25) is 0 Å². The number of anilines is 1. The summed E-state index contributed by atoms with van der Waals surface area (Å²) in [6.07, 6.45) is 2.19. The van der Waals surface area contributed by atoms with Crippen molar-refractivity contribution in [2.75, 3.05) is 25.5 Å². The minimum Gasteiger partial charge on any atom is -0.370 e. The van der Waals surface area contributed by atoms with E-state index in [4.69, 9.17) is 16.9 Å². The molecule has 1 aromatic rings. The molecule has 0 aromatic carbocycles. The summed E-state index contributed by atoms with van der Waals surface area (Å²) in [6, 6.07) is 5.92. The first-order chi connectivity index (χ1) is 9.02. The number of nitriles is 1. The van der Waals surface area contributed by atoms with Crippen LogP contribution < -0.4 is 5.32 Å². The van der Waals surface area contributed by atoms with Gasteiger partial charge in [0.1, 0.15) is 11.0 Å². The molecule has 1 heterocycles. The molecule has 0 bridgehead atoms. The molecule has 0 fully saturated rings. The zero-order valence-corrected chi connectivity index (χ0v) is 12.5. The van der Waals surface area contributed by atoms with Gasteiger partial charge in [0.25, 0.3) is 0 Å². The number of aromatic nitrogens is 1. The normalized spacial score (nSPS) is 10.8. The lowest BCUT2D eigenvalue weighted by atomic mass is 10.2. The fourth-order valence-corrected chi connectivity index (χ4v) is 1.82. The third-order valence-electron chi connectivity index (χ3n) is 3.05. The predicted molar refractivity (Wildman–Crippen MR) is 79.5 cm³/mol. The Morgan fingerprint density at radius 1 is 1.42 bits per heavy atom. The molecule has 1 aromatic heterocycles. The average molecular weight is 281 g/mol. The van der Waals surface area contributed by atoms with E-state index in [0.29, 0.717) is 22.6 Å². The van der Waals surface area contributed by atoms with Gasteiger partial charge in [-0.1, -0.05) is 11.6 Å². The highest BCUT2D eigenvalue weighted by Gasteiger charge is 2.03. The fraction of sp³-hybridized carbons (Fsp3) is 0.571. The van der Waals surface area contributed by atoms with Gasteiger partial charge >= 0.3 is 0 Å². The van der Waals surface area contributed by atoms with Crippen LogP contribution in [0.3, 0.4) is 0 Å². The van der Waals surface area contributed by atoms with E-state index >= 15 is 0 Å². The lowest BCUT2D eigenvalue weighted by Crippen LogP contribution is -2.27. The number of pyridine rings is 1. The smallest absolute Gasteiger partial charge is 0.132 e. The van der Waals surface area contributed by atoms with Gasteiger partial charge in [-0.25, -0.2) is 4.98 Å². The molecule has 0 saturated carbocycles. The van der Waals surface area contributed by atoms with Crippen molar-refractivity contribution < 1.29 is 0 Å². The van der Waals surface area contributed by atoms with Crippen molar-refractivity contribution in [3.63, 3.8) is 0 Å². The number of nitrogens with one attached hydrogen (secondary N) is 1. The molecule has 4 nitrogen and oxygen atoms in total. The number of halogens is 1. The number of rotatable bonds is 7. The lowest BCUT2D eigenvalue weighted by molar-refractivity contribution is 0.269. The average Bonchev–Trinajstić information content (AvgIpc) is 2.37. The van der Waals surface area contributed by atoms with Crippen LogP contribution in [0, 0.1) is 11.3 Å². The summed E-state index contributed by atoms with van der Waals surface area (Å²) in [5.41, 5.74) is 0.530. The summed E-state index contributed by atoms with van der Waals surface area (Å²) in [6.45, 7) is 6.31. The molecule has 0 aliphatic carbocycles. The highest BCUT2D eigenvalue weighted by molar-refractivity contribution is 6.29. The zero-order chi connectivity index (χ0) is 14.3. The third-order valence-corrected chi connectivity index (χ3v) is 3.24. The van der Waals surface area contributed by atoms with Crippen LogP contribution in [0.5, 0.6) is 0 Å². The molecule has 0 atom stereocenters. The van der Waals surface area contributed by atoms with E-state index in [1.165, 1.54) is 0 Å². The van der Waals surface area contributed by atoms with Crippen molar-refractivity contribution in [2.45, 2.75) is 32.7 Å². The summed E-state index contributed by atoms with van der Waals surface area (Å²) in [5, 5.41) is 12.4. The van der Waals surface area contributed by atoms with Gasteiger partial charge in [0.15, 0.2) is 0 Å². The van der Waals surface area contributed by atoms with Crippen molar-refractivity contribution in [2.24, 2.45) is 0 Å². The lowest BCUT2D eigenvalue weighted by Gasteiger charge is -2.20. The van der Waals surface area contributed by atoms with Crippen LogP contribution in [0.1, 0.15) is 32.3 Å². The van der Waals surface area contributed by atoms with E-state index in [9.17, 15) is 0 Å². The monoisotopic (exact) mass is 280 g/mol. The van der Waals surface area contributed by atoms with Crippen molar-refractivity contribution >= 4 is 17.4 Å². The minimum absolute atomic E-state index is 0.348. The Bertz CT molecular complexity index is 440. The molecule has 0 unspecified atom stereocenters. The second-order valence-electron chi connectivity index (χ2n) is 4.88. The van der Waals surface area contributed by atoms with Crippen molar-refractivity contribution in [3.05, 3.63) is 22.8 Å². The Hall–Kier alpha value is -1.31. The maximum absolute atomic E-state index is 8.84. The van der Waals surface area contributed by atoms with E-state index in [2.05, 4.69) is 42.2 Å². The molecule has 0 spiro atoms. The molecule has 104 valence electrons. The summed E-state index contributed by atoms with van der Waals surface area (Å²) < 4.78 is 0. The number of hydrogen-bond acceptors (Lipinski definition) is 4. The fourth-order valence-electron chi connectivity index (χ4n) is 1.61. The van der Waals surface area contributed by atoms with Crippen molar-refractivity contribution in [3.8, 4) is 6.07 Å². The molecule has 19 heavy (non-hydrogen) atoms. The molecular formula is C14H21ClN4. The largest absolute Gasteiger partial charge is 0.370 e. The van der Waals surface area contributed by atoms with E-state index in [0.717, 1.165) is 25.9 Å². The quantitative estimate of drug-likeness (QED) is 0.616. The topological polar surface area (TPSA) is 52.0 Å². The molecule has 1 N–H and O–H groups in total. The second-order valence-corrected chi connectivity index (χ2v) is 5.27. The highest BCUT2D eigenvalue weighted by Crippen LogP contribution is 2.13.